The fourth-order valence-electron chi connectivity index (χ4n) is 2.52. The van der Waals surface area contributed by atoms with Crippen LogP contribution in [0, 0.1) is 11.6 Å². The van der Waals surface area contributed by atoms with Crippen LogP contribution in [0.15, 0.2) is 47.5 Å². The maximum atomic E-state index is 13.7. The molecule has 0 aromatic heterocycles. The van der Waals surface area contributed by atoms with Crippen molar-refractivity contribution in [2.24, 2.45) is 4.99 Å². The Bertz CT molecular complexity index is 769. The molecule has 2 rings (SSSR count). The van der Waals surface area contributed by atoms with E-state index >= 15 is 0 Å². The summed E-state index contributed by atoms with van der Waals surface area (Å²) in [5, 5.41) is 16.4. The van der Waals surface area contributed by atoms with Crippen molar-refractivity contribution < 1.29 is 18.6 Å². The maximum absolute atomic E-state index is 13.7. The number of nitrogens with zero attached hydrogens (tertiary/aromatic N) is 1. The second kappa shape index (κ2) is 10.5. The summed E-state index contributed by atoms with van der Waals surface area (Å²) in [6, 6.07) is 10.6. The van der Waals surface area contributed by atoms with E-state index in [1.165, 1.54) is 6.07 Å². The molecular formula is C20H25F2N3O2. The second-order valence-electron chi connectivity index (χ2n) is 5.92. The number of benzene rings is 2. The van der Waals surface area contributed by atoms with Gasteiger partial charge in [-0.1, -0.05) is 12.1 Å². The predicted molar refractivity (Wildman–Crippen MR) is 102 cm³/mol. The Kier molecular flexibility index (Phi) is 8.00. The van der Waals surface area contributed by atoms with Crippen LogP contribution in [0.25, 0.3) is 0 Å². The van der Waals surface area contributed by atoms with Crippen molar-refractivity contribution in [2.45, 2.75) is 19.4 Å². The van der Waals surface area contributed by atoms with Gasteiger partial charge in [-0.3, -0.25) is 4.99 Å². The average molecular weight is 377 g/mol. The Morgan fingerprint density at radius 3 is 2.74 bits per heavy atom. The smallest absolute Gasteiger partial charge is 0.191 e. The van der Waals surface area contributed by atoms with Crippen LogP contribution in [-0.2, 0) is 6.42 Å². The highest BCUT2D eigenvalue weighted by Crippen LogP contribution is 2.19. The van der Waals surface area contributed by atoms with Crippen LogP contribution in [0.5, 0.6) is 5.75 Å². The van der Waals surface area contributed by atoms with E-state index < -0.39 is 17.7 Å². The lowest BCUT2D eigenvalue weighted by Gasteiger charge is -2.14. The van der Waals surface area contributed by atoms with Gasteiger partial charge in [0.25, 0.3) is 0 Å². The summed E-state index contributed by atoms with van der Waals surface area (Å²) in [6.45, 7) is 3.08. The average Bonchev–Trinajstić information content (AvgIpc) is 2.68. The van der Waals surface area contributed by atoms with Crippen molar-refractivity contribution in [3.05, 3.63) is 65.2 Å². The highest BCUT2D eigenvalue weighted by molar-refractivity contribution is 5.79. The van der Waals surface area contributed by atoms with Gasteiger partial charge in [-0.2, -0.15) is 0 Å². The minimum atomic E-state index is -0.781. The first-order valence-corrected chi connectivity index (χ1v) is 8.81. The van der Waals surface area contributed by atoms with E-state index in [9.17, 15) is 13.9 Å². The van der Waals surface area contributed by atoms with Crippen molar-refractivity contribution in [2.75, 3.05) is 26.7 Å². The molecule has 0 heterocycles. The van der Waals surface area contributed by atoms with Crippen molar-refractivity contribution in [3.63, 3.8) is 0 Å². The van der Waals surface area contributed by atoms with Crippen molar-refractivity contribution in [3.8, 4) is 5.75 Å². The van der Waals surface area contributed by atoms with Crippen LogP contribution >= 0.6 is 0 Å². The molecule has 5 nitrogen and oxygen atoms in total. The topological polar surface area (TPSA) is 65.9 Å². The quantitative estimate of drug-likeness (QED) is 0.489. The lowest BCUT2D eigenvalue weighted by atomic mass is 10.1. The molecule has 2 aromatic rings. The molecule has 0 aliphatic carbocycles. The van der Waals surface area contributed by atoms with Crippen molar-refractivity contribution >= 4 is 5.96 Å². The largest absolute Gasteiger partial charge is 0.497 e. The number of methoxy groups -OCH3 is 1. The normalized spacial score (nSPS) is 12.6. The molecule has 0 bridgehead atoms. The standard InChI is InChI=1S/C20H25F2N3O2/c1-3-23-20(24-10-9-14-11-16(21)7-8-18(14)22)25-13-19(26)15-5-4-6-17(12-15)27-2/h4-8,11-12,19,26H,3,9-10,13H2,1-2H3,(H2,23,24,25). The molecule has 3 N–H and O–H groups in total. The number of rotatable bonds is 8. The van der Waals surface area contributed by atoms with E-state index in [2.05, 4.69) is 15.6 Å². The van der Waals surface area contributed by atoms with Gasteiger partial charge in [0.1, 0.15) is 17.4 Å². The zero-order valence-corrected chi connectivity index (χ0v) is 15.5. The van der Waals surface area contributed by atoms with Crippen LogP contribution in [0.2, 0.25) is 0 Å². The summed E-state index contributed by atoms with van der Waals surface area (Å²) in [5.74, 6) is 0.260. The van der Waals surface area contributed by atoms with E-state index in [4.69, 9.17) is 4.74 Å². The molecule has 0 radical (unpaired) electrons. The SMILES string of the molecule is CCNC(=NCC(O)c1cccc(OC)c1)NCCc1cc(F)ccc1F. The summed E-state index contributed by atoms with van der Waals surface area (Å²) >= 11 is 0. The number of aliphatic hydroxyl groups excluding tert-OH is 1. The summed E-state index contributed by atoms with van der Waals surface area (Å²) in [4.78, 5) is 4.35. The summed E-state index contributed by atoms with van der Waals surface area (Å²) < 4.78 is 32.0. The van der Waals surface area contributed by atoms with Gasteiger partial charge in [0, 0.05) is 13.1 Å². The number of guanidine groups is 1. The van der Waals surface area contributed by atoms with Gasteiger partial charge in [-0.05, 0) is 54.8 Å². The molecular weight excluding hydrogens is 352 g/mol. The van der Waals surface area contributed by atoms with E-state index in [1.54, 1.807) is 31.4 Å². The van der Waals surface area contributed by atoms with E-state index in [1.807, 2.05) is 6.92 Å². The number of halogens is 2. The van der Waals surface area contributed by atoms with E-state index in [0.29, 0.717) is 42.3 Å². The third kappa shape index (κ3) is 6.53. The molecule has 27 heavy (non-hydrogen) atoms. The third-order valence-corrected chi connectivity index (χ3v) is 3.94. The van der Waals surface area contributed by atoms with Crippen LogP contribution in [-0.4, -0.2) is 37.8 Å². The highest BCUT2D eigenvalue weighted by atomic mass is 19.1. The fraction of sp³-hybridized carbons (Fsp3) is 0.350. The first kappa shape index (κ1) is 20.6. The molecule has 1 atom stereocenters. The molecule has 0 saturated heterocycles. The maximum Gasteiger partial charge on any atom is 0.191 e. The highest BCUT2D eigenvalue weighted by Gasteiger charge is 2.09. The van der Waals surface area contributed by atoms with Crippen LogP contribution in [0.4, 0.5) is 8.78 Å². The lowest BCUT2D eigenvalue weighted by molar-refractivity contribution is 0.186. The molecule has 0 aliphatic rings. The van der Waals surface area contributed by atoms with Gasteiger partial charge < -0.3 is 20.5 Å². The second-order valence-corrected chi connectivity index (χ2v) is 5.92. The van der Waals surface area contributed by atoms with Crippen molar-refractivity contribution in [1.29, 1.82) is 0 Å². The molecule has 2 aromatic carbocycles. The number of ether oxygens (including phenoxy) is 1. The van der Waals surface area contributed by atoms with Crippen LogP contribution < -0.4 is 15.4 Å². The monoisotopic (exact) mass is 377 g/mol. The predicted octanol–water partition coefficient (Wildman–Crippen LogP) is 2.80. The van der Waals surface area contributed by atoms with Gasteiger partial charge in [-0.25, -0.2) is 8.78 Å². The zero-order valence-electron chi connectivity index (χ0n) is 15.5. The number of aliphatic hydroxyl groups is 1. The van der Waals surface area contributed by atoms with E-state index in [-0.39, 0.29) is 6.54 Å². The minimum Gasteiger partial charge on any atom is -0.497 e. The summed E-state index contributed by atoms with van der Waals surface area (Å²) in [5.41, 5.74) is 1.01. The number of aliphatic imine (C=N–C) groups is 1. The Morgan fingerprint density at radius 2 is 2.00 bits per heavy atom. The zero-order chi connectivity index (χ0) is 19.6. The fourth-order valence-corrected chi connectivity index (χ4v) is 2.52. The number of hydrogen-bond donors (Lipinski definition) is 3. The molecule has 0 amide bonds. The van der Waals surface area contributed by atoms with Gasteiger partial charge in [0.15, 0.2) is 5.96 Å². The first-order chi connectivity index (χ1) is 13.0. The Hall–Kier alpha value is -2.67. The molecule has 0 fully saturated rings. The minimum absolute atomic E-state index is 0.150. The van der Waals surface area contributed by atoms with Gasteiger partial charge in [0.2, 0.25) is 0 Å². The van der Waals surface area contributed by atoms with Crippen LogP contribution in [0.1, 0.15) is 24.2 Å². The van der Waals surface area contributed by atoms with Crippen molar-refractivity contribution in [1.82, 2.24) is 10.6 Å². The lowest BCUT2D eigenvalue weighted by Crippen LogP contribution is -2.38. The molecule has 0 saturated carbocycles. The first-order valence-electron chi connectivity index (χ1n) is 8.81. The van der Waals surface area contributed by atoms with Gasteiger partial charge in [-0.15, -0.1) is 0 Å². The number of hydrogen-bond acceptors (Lipinski definition) is 3. The van der Waals surface area contributed by atoms with E-state index in [0.717, 1.165) is 12.1 Å². The Labute approximate surface area is 158 Å². The molecule has 146 valence electrons. The molecule has 0 aliphatic heterocycles. The molecule has 7 heteroatoms. The Balaban J connectivity index is 1.93. The number of nitrogens with one attached hydrogen (secondary N) is 2. The third-order valence-electron chi connectivity index (χ3n) is 3.94. The molecule has 0 spiro atoms. The summed E-state index contributed by atoms with van der Waals surface area (Å²) in [7, 11) is 1.57. The van der Waals surface area contributed by atoms with Crippen LogP contribution in [0.3, 0.4) is 0 Å². The molecule has 1 unspecified atom stereocenters. The Morgan fingerprint density at radius 1 is 1.19 bits per heavy atom. The van der Waals surface area contributed by atoms with Gasteiger partial charge in [0.05, 0.1) is 19.8 Å². The summed E-state index contributed by atoms with van der Waals surface area (Å²) in [6.07, 6.45) is -0.469. The van der Waals surface area contributed by atoms with Gasteiger partial charge >= 0.3 is 0 Å².